The largest absolute Gasteiger partial charge is 0.508 e. The van der Waals surface area contributed by atoms with Crippen molar-refractivity contribution in [1.82, 2.24) is 57.7 Å². The van der Waals surface area contributed by atoms with Crippen molar-refractivity contribution in [1.29, 1.82) is 0 Å². The number of nitrogens with zero attached hydrogens (tertiary/aromatic N) is 1. The van der Waals surface area contributed by atoms with Crippen molar-refractivity contribution in [2.24, 2.45) is 29.0 Å². The zero-order valence-corrected chi connectivity index (χ0v) is 52.4. The van der Waals surface area contributed by atoms with Crippen LogP contribution in [0.15, 0.2) is 54.7 Å². The maximum Gasteiger partial charge on any atom is 0.326 e. The fourth-order valence-electron chi connectivity index (χ4n) is 10.1. The summed E-state index contributed by atoms with van der Waals surface area (Å²) in [5.74, 6) is -16.2. The number of nitrogens with one attached hydrogen (secondary N) is 10. The summed E-state index contributed by atoms with van der Waals surface area (Å²) in [6.07, 6.45) is -2.26. The third kappa shape index (κ3) is 24.0. The van der Waals surface area contributed by atoms with Crippen molar-refractivity contribution in [3.05, 3.63) is 65.9 Å². The van der Waals surface area contributed by atoms with Gasteiger partial charge in [-0.3, -0.25) is 62.3 Å². The summed E-state index contributed by atoms with van der Waals surface area (Å²) in [4.78, 5) is 191. The smallest absolute Gasteiger partial charge is 0.326 e. The van der Waals surface area contributed by atoms with Crippen LogP contribution in [-0.2, 0) is 80.0 Å². The van der Waals surface area contributed by atoms with Crippen LogP contribution in [-0.4, -0.2) is 216 Å². The highest BCUT2D eigenvalue weighted by molar-refractivity contribution is 6.00. The lowest BCUT2D eigenvalue weighted by atomic mass is 10.0. The lowest BCUT2D eigenvalue weighted by Gasteiger charge is -2.30. The number of rotatable bonds is 39. The number of aromatic nitrogens is 1. The molecule has 0 radical (unpaired) electrons. The Kier molecular flexibility index (Phi) is 30.2. The van der Waals surface area contributed by atoms with Gasteiger partial charge in [-0.1, -0.05) is 58.0 Å². The summed E-state index contributed by atoms with van der Waals surface area (Å²) < 4.78 is 0. The summed E-state index contributed by atoms with van der Waals surface area (Å²) in [5.41, 5.74) is 18.3. The van der Waals surface area contributed by atoms with Crippen LogP contribution in [0.3, 0.4) is 0 Å². The zero-order chi connectivity index (χ0) is 70.1. The van der Waals surface area contributed by atoms with Crippen LogP contribution in [0, 0.1) is 11.8 Å². The lowest BCUT2D eigenvalue weighted by Crippen LogP contribution is -2.61. The van der Waals surface area contributed by atoms with Crippen LogP contribution in [0.25, 0.3) is 10.9 Å². The van der Waals surface area contributed by atoms with E-state index in [2.05, 4.69) is 52.8 Å². The number of aliphatic carboxylic acids is 2. The number of carboxylic acids is 2. The second-order valence-electron chi connectivity index (χ2n) is 23.5. The molecule has 22 N–H and O–H groups in total. The van der Waals surface area contributed by atoms with E-state index in [4.69, 9.17) is 17.2 Å². The van der Waals surface area contributed by atoms with E-state index in [0.29, 0.717) is 22.0 Å². The first-order valence-corrected chi connectivity index (χ1v) is 30.3. The van der Waals surface area contributed by atoms with Gasteiger partial charge in [0, 0.05) is 49.3 Å². The summed E-state index contributed by atoms with van der Waals surface area (Å²) in [6.45, 7) is 3.58. The van der Waals surface area contributed by atoms with Gasteiger partial charge in [0.25, 0.3) is 0 Å². The summed E-state index contributed by atoms with van der Waals surface area (Å²) >= 11 is 0. The van der Waals surface area contributed by atoms with E-state index in [0.717, 1.165) is 4.90 Å². The van der Waals surface area contributed by atoms with Crippen molar-refractivity contribution in [2.75, 3.05) is 26.4 Å². The van der Waals surface area contributed by atoms with Crippen LogP contribution in [0.4, 0.5) is 0 Å². The number of hydrogen-bond acceptors (Lipinski definition) is 19. The number of primary amides is 2. The number of aromatic amines is 1. The quantitative estimate of drug-likeness (QED) is 0.0253. The highest BCUT2D eigenvalue weighted by Crippen LogP contribution is 2.22. The number of aliphatic hydroxyl groups is 3. The second kappa shape index (κ2) is 37.0. The van der Waals surface area contributed by atoms with Crippen molar-refractivity contribution in [2.45, 2.75) is 165 Å². The fourth-order valence-corrected chi connectivity index (χ4v) is 10.1. The molecular weight excluding hydrogens is 1240 g/mol. The lowest BCUT2D eigenvalue weighted by molar-refractivity contribution is -0.143. The number of carbonyl (C=O) groups is 14. The van der Waals surface area contributed by atoms with E-state index in [1.54, 1.807) is 38.1 Å². The number of para-hydroxylation sites is 1. The van der Waals surface area contributed by atoms with Gasteiger partial charge in [-0.05, 0) is 79.7 Å². The normalized spacial score (nSPS) is 16.1. The first kappa shape index (κ1) is 76.7. The Morgan fingerprint density at radius 2 is 1.01 bits per heavy atom. The molecule has 1 aliphatic heterocycles. The van der Waals surface area contributed by atoms with Crippen molar-refractivity contribution < 1.29 is 97.8 Å². The monoisotopic (exact) mass is 1320 g/mol. The van der Waals surface area contributed by atoms with Gasteiger partial charge >= 0.3 is 11.9 Å². The van der Waals surface area contributed by atoms with Crippen molar-refractivity contribution in [3.63, 3.8) is 0 Å². The van der Waals surface area contributed by atoms with E-state index in [-0.39, 0.29) is 56.2 Å². The molecule has 11 atom stereocenters. The number of aromatic hydroxyl groups is 1. The van der Waals surface area contributed by atoms with E-state index < -0.39 is 208 Å². The first-order chi connectivity index (χ1) is 44.3. The molecule has 0 saturated carbocycles. The van der Waals surface area contributed by atoms with Crippen LogP contribution < -0.4 is 65.1 Å². The maximum absolute atomic E-state index is 14.5. The SMILES string of the molecule is CC(C)C[C@H](NC(=O)[C@H](CC(N)=O)NC(=O)[C@H](CCC(=O)O)NC(=O)[C@H](Cc1c[nH]c2ccccc12)NC(=O)[C@H](CCC(N)=O)NC(=O)[C@H](CO)NC(=O)[C@@H]1CCCN1C(=O)[C@H](CO)NC(=O)[C@H](CO)NC(=O)[C@H](Cc1ccc(O)cc1)NC(=O)[C@@H](N)CC(C)C)C(=O)O. The second-order valence-corrected chi connectivity index (χ2v) is 23.5. The van der Waals surface area contributed by atoms with E-state index in [9.17, 15) is 97.8 Å². The van der Waals surface area contributed by atoms with E-state index in [1.807, 2.05) is 13.8 Å². The number of phenolic OH excluding ortho intramolecular Hbond substituents is 1. The third-order valence-electron chi connectivity index (χ3n) is 15.0. The highest BCUT2D eigenvalue weighted by atomic mass is 16.4. The molecule has 1 fully saturated rings. The Morgan fingerprint density at radius 3 is 1.55 bits per heavy atom. The number of aliphatic hydroxyl groups excluding tert-OH is 3. The van der Waals surface area contributed by atoms with Gasteiger partial charge in [-0.2, -0.15) is 0 Å². The zero-order valence-electron chi connectivity index (χ0n) is 52.4. The molecule has 0 spiro atoms. The molecule has 1 aromatic heterocycles. The number of carbonyl (C=O) groups excluding carboxylic acids is 12. The average Bonchev–Trinajstić information content (AvgIpc) is 1.76. The molecule has 1 aliphatic rings. The minimum absolute atomic E-state index is 0.00292. The van der Waals surface area contributed by atoms with Gasteiger partial charge in [0.05, 0.1) is 32.3 Å². The molecule has 1 saturated heterocycles. The summed E-state index contributed by atoms with van der Waals surface area (Å²) in [7, 11) is 0. The third-order valence-corrected chi connectivity index (χ3v) is 15.0. The number of H-pyrrole nitrogens is 1. The number of nitrogens with two attached hydrogens (primary N) is 3. The summed E-state index contributed by atoms with van der Waals surface area (Å²) in [6, 6.07) is -5.69. The topological polar surface area (TPSA) is 566 Å². The van der Waals surface area contributed by atoms with E-state index in [1.165, 1.54) is 30.5 Å². The Labute approximate surface area is 539 Å². The fraction of sp³-hybridized carbons (Fsp3) is 0.533. The average molecular weight is 1320 g/mol. The molecule has 2 aromatic carbocycles. The predicted molar refractivity (Wildman–Crippen MR) is 331 cm³/mol. The number of likely N-dealkylation sites (tertiary alicyclic amines) is 1. The molecule has 34 heteroatoms. The number of benzene rings is 2. The minimum atomic E-state index is -1.91. The molecule has 2 heterocycles. The molecule has 0 bridgehead atoms. The Hall–Kier alpha value is -9.80. The van der Waals surface area contributed by atoms with Gasteiger partial charge in [0.15, 0.2) is 0 Å². The van der Waals surface area contributed by atoms with Gasteiger partial charge in [-0.15, -0.1) is 0 Å². The van der Waals surface area contributed by atoms with Crippen LogP contribution >= 0.6 is 0 Å². The molecule has 4 rings (SSSR count). The Balaban J connectivity index is 1.55. The minimum Gasteiger partial charge on any atom is -0.508 e. The highest BCUT2D eigenvalue weighted by Gasteiger charge is 2.41. The van der Waals surface area contributed by atoms with E-state index >= 15 is 0 Å². The standard InChI is InChI=1S/C60H86N14O20/c1-29(2)20-35(61)50(83)67-39(22-31-11-13-33(78)14-12-31)53(86)71-43(26-75)57(90)73-45(28-77)59(92)74-19-7-10-46(74)58(91)72-44(27-76)56(89)66-37(15-17-47(62)79)51(84)68-40(23-32-25-64-36-9-6-5-8-34(32)36)54(87)65-38(16-18-49(81)82)52(85)69-41(24-48(63)80)55(88)70-42(60(93)94)21-30(3)4/h5-6,8-9,11-14,25,29-30,35,37-46,64,75-78H,7,10,15-24,26-28,61H2,1-4H3,(H2,62,79)(H2,63,80)(H,65,87)(H,66,89)(H,67,83)(H,68,84)(H,69,85)(H,70,88)(H,71,86)(H,72,91)(H,73,90)(H,81,82)(H,93,94)/t35-,37-,38-,39-,40-,41-,42-,43-,44-,45-,46-/m0/s1. The van der Waals surface area contributed by atoms with Crippen molar-refractivity contribution >= 4 is 93.7 Å². The number of phenols is 1. The van der Waals surface area contributed by atoms with Crippen LogP contribution in [0.1, 0.15) is 96.6 Å². The number of hydrogen-bond donors (Lipinski definition) is 19. The first-order valence-electron chi connectivity index (χ1n) is 30.3. The molecule has 94 heavy (non-hydrogen) atoms. The molecule has 0 aliphatic carbocycles. The van der Waals surface area contributed by atoms with Gasteiger partial charge in [-0.25, -0.2) is 4.79 Å². The van der Waals surface area contributed by atoms with Gasteiger partial charge < -0.3 is 106 Å². The molecule has 0 unspecified atom stereocenters. The number of fused-ring (bicyclic) bond motifs is 1. The maximum atomic E-state index is 14.5. The Bertz CT molecular complexity index is 3200. The molecular formula is C60H86N14O20. The molecule has 34 nitrogen and oxygen atoms in total. The molecule has 3 aromatic rings. The molecule has 12 amide bonds. The van der Waals surface area contributed by atoms with Crippen LogP contribution in [0.2, 0.25) is 0 Å². The molecule has 516 valence electrons. The number of carboxylic acid groups (broad SMARTS) is 2. The Morgan fingerprint density at radius 1 is 0.543 bits per heavy atom. The number of amides is 12. The van der Waals surface area contributed by atoms with Crippen molar-refractivity contribution in [3.8, 4) is 5.75 Å². The van der Waals surface area contributed by atoms with Gasteiger partial charge in [0.2, 0.25) is 70.9 Å². The van der Waals surface area contributed by atoms with Crippen LogP contribution in [0.5, 0.6) is 5.75 Å². The summed E-state index contributed by atoms with van der Waals surface area (Å²) in [5, 5.41) is 81.9. The predicted octanol–water partition coefficient (Wildman–Crippen LogP) is -5.50. The van der Waals surface area contributed by atoms with Gasteiger partial charge in [0.1, 0.15) is 66.2 Å².